The third kappa shape index (κ3) is 3.00. The Hall–Kier alpha value is -1.58. The van der Waals surface area contributed by atoms with Gasteiger partial charge >= 0.3 is 0 Å². The van der Waals surface area contributed by atoms with Crippen molar-refractivity contribution >= 4 is 11.6 Å². The lowest BCUT2D eigenvalue weighted by Gasteiger charge is -2.25. The molecule has 0 aliphatic rings. The van der Waals surface area contributed by atoms with Crippen LogP contribution in [0.2, 0.25) is 0 Å². The number of benzene rings is 1. The number of nitrogens with one attached hydrogen (secondary N) is 1. The first-order chi connectivity index (χ1) is 8.52. The molecule has 1 aromatic rings. The van der Waals surface area contributed by atoms with Crippen LogP contribution in [0, 0.1) is 5.82 Å². The average Bonchev–Trinajstić information content (AvgIpc) is 2.38. The minimum atomic E-state index is -0.389. The van der Waals surface area contributed by atoms with Gasteiger partial charge < -0.3 is 10.2 Å². The monoisotopic (exact) mass is 252 g/mol. The smallest absolute Gasteiger partial charge is 0.256 e. The predicted octanol–water partition coefficient (Wildman–Crippen LogP) is 3.13. The van der Waals surface area contributed by atoms with Crippen LogP contribution in [0.3, 0.4) is 0 Å². The number of carbonyl (C=O) groups is 1. The quantitative estimate of drug-likeness (QED) is 0.873. The molecule has 18 heavy (non-hydrogen) atoms. The van der Waals surface area contributed by atoms with Crippen LogP contribution in [0.15, 0.2) is 18.2 Å². The summed E-state index contributed by atoms with van der Waals surface area (Å²) < 4.78 is 13.7. The van der Waals surface area contributed by atoms with Gasteiger partial charge in [-0.1, -0.05) is 13.0 Å². The molecule has 1 unspecified atom stereocenters. The summed E-state index contributed by atoms with van der Waals surface area (Å²) in [7, 11) is 1.75. The van der Waals surface area contributed by atoms with Gasteiger partial charge in [0.1, 0.15) is 5.82 Å². The van der Waals surface area contributed by atoms with Gasteiger partial charge in [-0.25, -0.2) is 4.39 Å². The van der Waals surface area contributed by atoms with E-state index in [1.165, 1.54) is 6.07 Å². The molecule has 0 heterocycles. The normalized spacial score (nSPS) is 12.1. The van der Waals surface area contributed by atoms with Gasteiger partial charge in [-0.2, -0.15) is 0 Å². The van der Waals surface area contributed by atoms with E-state index in [1.807, 2.05) is 20.8 Å². The average molecular weight is 252 g/mol. The van der Waals surface area contributed by atoms with Gasteiger partial charge in [0, 0.05) is 19.6 Å². The van der Waals surface area contributed by atoms with Gasteiger partial charge in [-0.15, -0.1) is 0 Å². The number of hydrogen-bond donors (Lipinski definition) is 1. The third-order valence-corrected chi connectivity index (χ3v) is 3.17. The Morgan fingerprint density at radius 2 is 2.11 bits per heavy atom. The highest BCUT2D eigenvalue weighted by Crippen LogP contribution is 2.22. The van der Waals surface area contributed by atoms with Gasteiger partial charge in [0.05, 0.1) is 11.3 Å². The summed E-state index contributed by atoms with van der Waals surface area (Å²) in [6.07, 6.45) is 0.869. The summed E-state index contributed by atoms with van der Waals surface area (Å²) in [6.45, 7) is 6.45. The molecule has 1 atom stereocenters. The first-order valence-corrected chi connectivity index (χ1v) is 6.32. The largest absolute Gasteiger partial charge is 0.382 e. The van der Waals surface area contributed by atoms with E-state index in [0.29, 0.717) is 17.8 Å². The van der Waals surface area contributed by atoms with Crippen LogP contribution in [-0.2, 0) is 0 Å². The summed E-state index contributed by atoms with van der Waals surface area (Å²) in [5.41, 5.74) is 0.680. The Kier molecular flexibility index (Phi) is 5.13. The van der Waals surface area contributed by atoms with E-state index in [0.717, 1.165) is 6.42 Å². The Balaban J connectivity index is 3.08. The lowest BCUT2D eigenvalue weighted by atomic mass is 10.1. The Morgan fingerprint density at radius 1 is 1.44 bits per heavy atom. The van der Waals surface area contributed by atoms with Crippen molar-refractivity contribution in [1.82, 2.24) is 4.90 Å². The molecule has 0 aliphatic carbocycles. The first kappa shape index (κ1) is 14.5. The molecule has 1 N–H and O–H groups in total. The molecule has 1 amide bonds. The molecule has 0 bridgehead atoms. The van der Waals surface area contributed by atoms with Crippen LogP contribution >= 0.6 is 0 Å². The van der Waals surface area contributed by atoms with Crippen molar-refractivity contribution in [3.8, 4) is 0 Å². The zero-order chi connectivity index (χ0) is 13.7. The molecular formula is C14H21FN2O. The van der Waals surface area contributed by atoms with E-state index in [4.69, 9.17) is 0 Å². The van der Waals surface area contributed by atoms with Crippen LogP contribution in [0.1, 0.15) is 37.6 Å². The fourth-order valence-corrected chi connectivity index (χ4v) is 1.72. The molecule has 4 heteroatoms. The molecule has 0 radical (unpaired) electrons. The fourth-order valence-electron chi connectivity index (χ4n) is 1.72. The van der Waals surface area contributed by atoms with Crippen LogP contribution in [-0.4, -0.2) is 30.4 Å². The van der Waals surface area contributed by atoms with Crippen molar-refractivity contribution in [2.75, 3.05) is 18.9 Å². The number of rotatable bonds is 5. The maximum Gasteiger partial charge on any atom is 0.256 e. The number of hydrogen-bond acceptors (Lipinski definition) is 2. The standard InChI is InChI=1S/C14H21FN2O/c1-5-10(3)17(4)14(18)11-8-7-9-12(15)13(11)16-6-2/h7-10,16H,5-6H2,1-4H3. The van der Waals surface area contributed by atoms with E-state index in [1.54, 1.807) is 24.1 Å². The van der Waals surface area contributed by atoms with Crippen molar-refractivity contribution < 1.29 is 9.18 Å². The number of carbonyl (C=O) groups excluding carboxylic acids is 1. The minimum absolute atomic E-state index is 0.134. The molecule has 3 nitrogen and oxygen atoms in total. The van der Waals surface area contributed by atoms with E-state index in [-0.39, 0.29) is 17.8 Å². The van der Waals surface area contributed by atoms with E-state index in [2.05, 4.69) is 5.32 Å². The van der Waals surface area contributed by atoms with Crippen molar-refractivity contribution in [2.45, 2.75) is 33.2 Å². The first-order valence-electron chi connectivity index (χ1n) is 6.32. The number of nitrogens with zero attached hydrogens (tertiary/aromatic N) is 1. The molecule has 1 rings (SSSR count). The second kappa shape index (κ2) is 6.38. The molecular weight excluding hydrogens is 231 g/mol. The maximum atomic E-state index is 13.7. The van der Waals surface area contributed by atoms with Crippen LogP contribution in [0.4, 0.5) is 10.1 Å². The fraction of sp³-hybridized carbons (Fsp3) is 0.500. The van der Waals surface area contributed by atoms with Crippen molar-refractivity contribution in [3.05, 3.63) is 29.6 Å². The number of halogens is 1. The van der Waals surface area contributed by atoms with Crippen LogP contribution in [0.5, 0.6) is 0 Å². The Bertz CT molecular complexity index is 420. The zero-order valence-electron chi connectivity index (χ0n) is 11.5. The van der Waals surface area contributed by atoms with Crippen molar-refractivity contribution in [2.24, 2.45) is 0 Å². The highest BCUT2D eigenvalue weighted by atomic mass is 19.1. The van der Waals surface area contributed by atoms with Crippen LogP contribution < -0.4 is 5.32 Å². The Morgan fingerprint density at radius 3 is 2.67 bits per heavy atom. The van der Waals surface area contributed by atoms with Gasteiger partial charge in [0.2, 0.25) is 0 Å². The molecule has 0 aliphatic heterocycles. The Labute approximate surface area is 108 Å². The second-order valence-corrected chi connectivity index (χ2v) is 4.37. The maximum absolute atomic E-state index is 13.7. The van der Waals surface area contributed by atoms with Crippen molar-refractivity contribution in [3.63, 3.8) is 0 Å². The van der Waals surface area contributed by atoms with E-state index >= 15 is 0 Å². The molecule has 1 aromatic carbocycles. The van der Waals surface area contributed by atoms with Gasteiger partial charge in [0.15, 0.2) is 0 Å². The molecule has 0 saturated carbocycles. The molecule has 0 saturated heterocycles. The lowest BCUT2D eigenvalue weighted by molar-refractivity contribution is 0.0741. The number of amides is 1. The topological polar surface area (TPSA) is 32.3 Å². The lowest BCUT2D eigenvalue weighted by Crippen LogP contribution is -2.35. The van der Waals surface area contributed by atoms with Gasteiger partial charge in [0.25, 0.3) is 5.91 Å². The summed E-state index contributed by atoms with van der Waals surface area (Å²) in [6, 6.07) is 4.71. The summed E-state index contributed by atoms with van der Waals surface area (Å²) in [5.74, 6) is -0.542. The molecule has 100 valence electrons. The van der Waals surface area contributed by atoms with E-state index in [9.17, 15) is 9.18 Å². The van der Waals surface area contributed by atoms with Gasteiger partial charge in [-0.3, -0.25) is 4.79 Å². The predicted molar refractivity (Wildman–Crippen MR) is 72.4 cm³/mol. The SMILES string of the molecule is CCNc1c(F)cccc1C(=O)N(C)C(C)CC. The summed E-state index contributed by atoms with van der Waals surface area (Å²) >= 11 is 0. The number of anilines is 1. The van der Waals surface area contributed by atoms with Gasteiger partial charge in [-0.05, 0) is 32.4 Å². The van der Waals surface area contributed by atoms with Crippen molar-refractivity contribution in [1.29, 1.82) is 0 Å². The third-order valence-electron chi connectivity index (χ3n) is 3.17. The highest BCUT2D eigenvalue weighted by molar-refractivity contribution is 5.99. The summed E-state index contributed by atoms with van der Waals surface area (Å²) in [4.78, 5) is 14.0. The molecule has 0 spiro atoms. The highest BCUT2D eigenvalue weighted by Gasteiger charge is 2.20. The minimum Gasteiger partial charge on any atom is -0.382 e. The summed E-state index contributed by atoms with van der Waals surface area (Å²) in [5, 5.41) is 2.91. The zero-order valence-corrected chi connectivity index (χ0v) is 11.5. The molecule has 0 fully saturated rings. The second-order valence-electron chi connectivity index (χ2n) is 4.37. The van der Waals surface area contributed by atoms with E-state index < -0.39 is 0 Å². The van der Waals surface area contributed by atoms with Crippen LogP contribution in [0.25, 0.3) is 0 Å². The number of para-hydroxylation sites is 1. The molecule has 0 aromatic heterocycles.